The van der Waals surface area contributed by atoms with Crippen LogP contribution in [-0.4, -0.2) is 19.1 Å². The minimum Gasteiger partial charge on any atom is -0.372 e. The van der Waals surface area contributed by atoms with Gasteiger partial charge in [-0.25, -0.2) is 4.79 Å². The van der Waals surface area contributed by atoms with E-state index in [2.05, 4.69) is 46.7 Å². The summed E-state index contributed by atoms with van der Waals surface area (Å²) in [4.78, 5) is 13.2. The van der Waals surface area contributed by atoms with E-state index in [4.69, 9.17) is 5.73 Å². The fourth-order valence-corrected chi connectivity index (χ4v) is 3.42. The van der Waals surface area contributed by atoms with Crippen molar-refractivity contribution in [3.63, 3.8) is 0 Å². The third-order valence-electron chi connectivity index (χ3n) is 5.13. The average molecular weight is 352 g/mol. The Balaban J connectivity index is 1.55. The van der Waals surface area contributed by atoms with Crippen LogP contribution in [0.1, 0.15) is 31.7 Å². The number of carbonyl (C=O) groups is 1. The van der Waals surface area contributed by atoms with E-state index in [1.165, 1.54) is 24.9 Å². The first-order chi connectivity index (χ1) is 12.6. The predicted octanol–water partition coefficient (Wildman–Crippen LogP) is 4.22. The highest BCUT2D eigenvalue weighted by molar-refractivity contribution is 5.71. The number of benzene rings is 2. The van der Waals surface area contributed by atoms with Crippen LogP contribution in [0.4, 0.5) is 21.9 Å². The van der Waals surface area contributed by atoms with E-state index in [0.29, 0.717) is 6.54 Å². The molecule has 0 unspecified atom stereocenters. The summed E-state index contributed by atoms with van der Waals surface area (Å²) in [7, 11) is 0. The van der Waals surface area contributed by atoms with E-state index >= 15 is 0 Å². The molecule has 26 heavy (non-hydrogen) atoms. The molecule has 1 saturated heterocycles. The molecule has 0 aromatic heterocycles. The van der Waals surface area contributed by atoms with Gasteiger partial charge >= 0.3 is 6.03 Å². The number of hydrogen-bond donors (Lipinski definition) is 3. The SMILES string of the molecule is CCC1CCN(c2ccc(Nc3ccc(CNC(N)=O)cc3)cc2)CC1. The molecule has 1 heterocycles. The number of piperidine rings is 1. The number of nitrogens with zero attached hydrogens (tertiary/aromatic N) is 1. The van der Waals surface area contributed by atoms with Gasteiger partial charge < -0.3 is 21.3 Å². The van der Waals surface area contributed by atoms with Crippen molar-refractivity contribution < 1.29 is 4.79 Å². The lowest BCUT2D eigenvalue weighted by atomic mass is 9.94. The Morgan fingerprint density at radius 1 is 1.04 bits per heavy atom. The molecule has 0 bridgehead atoms. The second kappa shape index (κ2) is 8.61. The molecule has 5 nitrogen and oxygen atoms in total. The Morgan fingerprint density at radius 3 is 2.15 bits per heavy atom. The van der Waals surface area contributed by atoms with Gasteiger partial charge in [-0.15, -0.1) is 0 Å². The molecule has 0 atom stereocenters. The Hall–Kier alpha value is -2.69. The number of nitrogens with one attached hydrogen (secondary N) is 2. The van der Waals surface area contributed by atoms with Crippen LogP contribution < -0.4 is 21.3 Å². The maximum absolute atomic E-state index is 10.7. The highest BCUT2D eigenvalue weighted by Gasteiger charge is 2.17. The summed E-state index contributed by atoms with van der Waals surface area (Å²) in [5.74, 6) is 0.897. The van der Waals surface area contributed by atoms with E-state index in [0.717, 1.165) is 35.9 Å². The topological polar surface area (TPSA) is 70.4 Å². The molecule has 138 valence electrons. The van der Waals surface area contributed by atoms with Crippen LogP contribution >= 0.6 is 0 Å². The lowest BCUT2D eigenvalue weighted by Gasteiger charge is -2.33. The minimum absolute atomic E-state index is 0.443. The molecule has 0 radical (unpaired) electrons. The molecular formula is C21H28N4O. The van der Waals surface area contributed by atoms with Crippen molar-refractivity contribution in [2.24, 2.45) is 11.7 Å². The van der Waals surface area contributed by atoms with Crippen LogP contribution in [0.15, 0.2) is 48.5 Å². The Bertz CT molecular complexity index is 704. The lowest BCUT2D eigenvalue weighted by molar-refractivity contribution is 0.248. The Kier molecular flexibility index (Phi) is 6.00. The van der Waals surface area contributed by atoms with Gasteiger partial charge in [0.25, 0.3) is 0 Å². The zero-order valence-electron chi connectivity index (χ0n) is 15.4. The quantitative estimate of drug-likeness (QED) is 0.729. The zero-order chi connectivity index (χ0) is 18.4. The molecule has 0 spiro atoms. The van der Waals surface area contributed by atoms with E-state index in [1.54, 1.807) is 0 Å². The summed E-state index contributed by atoms with van der Waals surface area (Å²) in [6.07, 6.45) is 3.90. The van der Waals surface area contributed by atoms with Gasteiger partial charge in [-0.2, -0.15) is 0 Å². The van der Waals surface area contributed by atoms with Crippen LogP contribution in [-0.2, 0) is 6.54 Å². The van der Waals surface area contributed by atoms with Crippen molar-refractivity contribution in [1.82, 2.24) is 5.32 Å². The van der Waals surface area contributed by atoms with Crippen molar-refractivity contribution in [2.45, 2.75) is 32.7 Å². The van der Waals surface area contributed by atoms with Crippen LogP contribution in [0, 0.1) is 5.92 Å². The standard InChI is InChI=1S/C21H28N4O/c1-2-16-11-13-25(14-12-16)20-9-7-19(8-10-20)24-18-5-3-17(4-6-18)15-23-21(22)26/h3-10,16,24H,2,11-15H2,1H3,(H3,22,23,26). The molecule has 0 saturated carbocycles. The molecule has 0 aliphatic carbocycles. The molecule has 3 rings (SSSR count). The number of urea groups is 1. The van der Waals surface area contributed by atoms with E-state index in [1.807, 2.05) is 24.3 Å². The van der Waals surface area contributed by atoms with Gasteiger partial charge in [-0.05, 0) is 60.7 Å². The van der Waals surface area contributed by atoms with Gasteiger partial charge in [-0.3, -0.25) is 0 Å². The van der Waals surface area contributed by atoms with Crippen LogP contribution in [0.2, 0.25) is 0 Å². The molecule has 2 aromatic rings. The van der Waals surface area contributed by atoms with Crippen molar-refractivity contribution in [3.05, 3.63) is 54.1 Å². The van der Waals surface area contributed by atoms with Gasteiger partial charge in [0.15, 0.2) is 0 Å². The Morgan fingerprint density at radius 2 is 1.62 bits per heavy atom. The first-order valence-corrected chi connectivity index (χ1v) is 9.38. The van der Waals surface area contributed by atoms with Crippen LogP contribution in [0.5, 0.6) is 0 Å². The summed E-state index contributed by atoms with van der Waals surface area (Å²) >= 11 is 0. The number of primary amides is 1. The average Bonchev–Trinajstić information content (AvgIpc) is 2.68. The highest BCUT2D eigenvalue weighted by atomic mass is 16.2. The third-order valence-corrected chi connectivity index (χ3v) is 5.13. The van der Waals surface area contributed by atoms with Crippen molar-refractivity contribution >= 4 is 23.1 Å². The van der Waals surface area contributed by atoms with E-state index in [-0.39, 0.29) is 0 Å². The number of nitrogens with two attached hydrogens (primary N) is 1. The fraction of sp³-hybridized carbons (Fsp3) is 0.381. The fourth-order valence-electron chi connectivity index (χ4n) is 3.42. The highest BCUT2D eigenvalue weighted by Crippen LogP contribution is 2.26. The number of anilines is 3. The maximum atomic E-state index is 10.7. The van der Waals surface area contributed by atoms with Gasteiger partial charge in [-0.1, -0.05) is 25.5 Å². The van der Waals surface area contributed by atoms with Gasteiger partial charge in [0, 0.05) is 36.7 Å². The van der Waals surface area contributed by atoms with Crippen molar-refractivity contribution in [3.8, 4) is 0 Å². The molecule has 1 fully saturated rings. The third kappa shape index (κ3) is 4.91. The van der Waals surface area contributed by atoms with Crippen molar-refractivity contribution in [2.75, 3.05) is 23.3 Å². The number of carbonyl (C=O) groups excluding carboxylic acids is 1. The Labute approximate surface area is 155 Å². The first-order valence-electron chi connectivity index (χ1n) is 9.38. The largest absolute Gasteiger partial charge is 0.372 e. The minimum atomic E-state index is -0.508. The summed E-state index contributed by atoms with van der Waals surface area (Å²) in [5, 5.41) is 6.00. The molecule has 1 aliphatic heterocycles. The van der Waals surface area contributed by atoms with Gasteiger partial charge in [0.1, 0.15) is 0 Å². The summed E-state index contributed by atoms with van der Waals surface area (Å²) in [6.45, 7) is 5.05. The number of hydrogen-bond acceptors (Lipinski definition) is 3. The summed E-state index contributed by atoms with van der Waals surface area (Å²) in [5.41, 5.74) is 9.49. The maximum Gasteiger partial charge on any atom is 0.312 e. The molecule has 4 N–H and O–H groups in total. The smallest absolute Gasteiger partial charge is 0.312 e. The van der Waals surface area contributed by atoms with Crippen LogP contribution in [0.25, 0.3) is 0 Å². The molecule has 2 aromatic carbocycles. The molecule has 1 aliphatic rings. The monoisotopic (exact) mass is 352 g/mol. The number of rotatable bonds is 6. The van der Waals surface area contributed by atoms with Gasteiger partial charge in [0.05, 0.1) is 0 Å². The van der Waals surface area contributed by atoms with Crippen molar-refractivity contribution in [1.29, 1.82) is 0 Å². The molecule has 2 amide bonds. The second-order valence-corrected chi connectivity index (χ2v) is 6.93. The molecular weight excluding hydrogens is 324 g/mol. The van der Waals surface area contributed by atoms with Crippen LogP contribution in [0.3, 0.4) is 0 Å². The molecule has 5 heteroatoms. The van der Waals surface area contributed by atoms with E-state index in [9.17, 15) is 4.79 Å². The van der Waals surface area contributed by atoms with E-state index < -0.39 is 6.03 Å². The summed E-state index contributed by atoms with van der Waals surface area (Å²) < 4.78 is 0. The number of amides is 2. The second-order valence-electron chi connectivity index (χ2n) is 6.93. The zero-order valence-corrected chi connectivity index (χ0v) is 15.4. The lowest BCUT2D eigenvalue weighted by Crippen LogP contribution is -2.33. The van der Waals surface area contributed by atoms with Gasteiger partial charge in [0.2, 0.25) is 0 Å². The normalized spacial score (nSPS) is 14.9. The summed E-state index contributed by atoms with van der Waals surface area (Å²) in [6, 6.07) is 16.1. The first kappa shape index (κ1) is 18.1. The predicted molar refractivity (Wildman–Crippen MR) is 108 cm³/mol.